The summed E-state index contributed by atoms with van der Waals surface area (Å²) < 4.78 is 44.2. The van der Waals surface area contributed by atoms with Gasteiger partial charge in [0.2, 0.25) is 15.9 Å². The number of ether oxygens (including phenoxy) is 1. The van der Waals surface area contributed by atoms with Gasteiger partial charge in [0.15, 0.2) is 0 Å². The first-order valence-corrected chi connectivity index (χ1v) is 11.0. The lowest BCUT2D eigenvalue weighted by molar-refractivity contribution is -0.129. The standard InChI is InChI=1S/C18H24ClFN2O4S/c1-26-16-4-3-13(7-15(16)19)8-17(23)21-9-14-5-6-22(27(2,24)25)12-18(14,10-20)11-21/h3-4,7,14H,5-6,8-12H2,1-2H3/t14-,18-/m0/s1. The number of rotatable bonds is 5. The number of benzene rings is 1. The largest absolute Gasteiger partial charge is 0.495 e. The van der Waals surface area contributed by atoms with Crippen molar-refractivity contribution in [3.8, 4) is 5.75 Å². The molecule has 2 atom stereocenters. The summed E-state index contributed by atoms with van der Waals surface area (Å²) in [6.45, 7) is 0.571. The van der Waals surface area contributed by atoms with Gasteiger partial charge in [-0.25, -0.2) is 12.7 Å². The van der Waals surface area contributed by atoms with Crippen LogP contribution in [0.1, 0.15) is 12.0 Å². The average Bonchev–Trinajstić information content (AvgIpc) is 3.00. The van der Waals surface area contributed by atoms with Gasteiger partial charge in [-0.3, -0.25) is 9.18 Å². The van der Waals surface area contributed by atoms with Gasteiger partial charge in [0, 0.05) is 31.6 Å². The molecule has 0 aliphatic carbocycles. The maximum absolute atomic E-state index is 14.0. The molecular weight excluding hydrogens is 395 g/mol. The smallest absolute Gasteiger partial charge is 0.227 e. The normalized spacial score (nSPS) is 26.1. The van der Waals surface area contributed by atoms with E-state index in [1.54, 1.807) is 23.1 Å². The third kappa shape index (κ3) is 4.07. The second kappa shape index (κ2) is 7.56. The molecule has 0 unspecified atom stereocenters. The van der Waals surface area contributed by atoms with Gasteiger partial charge in [-0.05, 0) is 30.0 Å². The highest BCUT2D eigenvalue weighted by Gasteiger charge is 2.52. The molecule has 0 bridgehead atoms. The van der Waals surface area contributed by atoms with Gasteiger partial charge >= 0.3 is 0 Å². The highest BCUT2D eigenvalue weighted by molar-refractivity contribution is 7.88. The Hall–Kier alpha value is -1.38. The number of fused-ring (bicyclic) bond motifs is 1. The van der Waals surface area contributed by atoms with Crippen LogP contribution in [0.15, 0.2) is 18.2 Å². The molecule has 2 fully saturated rings. The zero-order chi connectivity index (χ0) is 19.8. The molecule has 0 aromatic heterocycles. The van der Waals surface area contributed by atoms with Gasteiger partial charge < -0.3 is 9.64 Å². The number of halogens is 2. The molecule has 27 heavy (non-hydrogen) atoms. The minimum absolute atomic E-state index is 0.0242. The SMILES string of the molecule is COc1ccc(CC(=O)N2C[C@@H]3CCN(S(C)(=O)=O)C[C@]3(CF)C2)cc1Cl. The predicted molar refractivity (Wildman–Crippen MR) is 101 cm³/mol. The topological polar surface area (TPSA) is 66.9 Å². The maximum Gasteiger partial charge on any atom is 0.227 e. The van der Waals surface area contributed by atoms with Gasteiger partial charge in [0.05, 0.1) is 31.5 Å². The highest BCUT2D eigenvalue weighted by Crippen LogP contribution is 2.43. The number of hydrogen-bond acceptors (Lipinski definition) is 4. The second-order valence-electron chi connectivity index (χ2n) is 7.50. The molecule has 2 aliphatic rings. The van der Waals surface area contributed by atoms with E-state index in [9.17, 15) is 17.6 Å². The summed E-state index contributed by atoms with van der Waals surface area (Å²) in [4.78, 5) is 14.4. The maximum atomic E-state index is 14.0. The van der Waals surface area contributed by atoms with Crippen LogP contribution in [0.4, 0.5) is 4.39 Å². The molecule has 6 nitrogen and oxygen atoms in total. The van der Waals surface area contributed by atoms with E-state index in [2.05, 4.69) is 0 Å². The number of hydrogen-bond donors (Lipinski definition) is 0. The summed E-state index contributed by atoms with van der Waals surface area (Å²) in [5.74, 6) is 0.408. The fourth-order valence-corrected chi connectivity index (χ4v) is 5.32. The van der Waals surface area contributed by atoms with Crippen molar-refractivity contribution < 1.29 is 22.3 Å². The Balaban J connectivity index is 1.72. The van der Waals surface area contributed by atoms with Crippen LogP contribution < -0.4 is 4.74 Å². The zero-order valence-corrected chi connectivity index (χ0v) is 17.0. The minimum atomic E-state index is -3.37. The van der Waals surface area contributed by atoms with Gasteiger partial charge in [0.25, 0.3) is 0 Å². The number of alkyl halides is 1. The third-order valence-electron chi connectivity index (χ3n) is 5.69. The minimum Gasteiger partial charge on any atom is -0.495 e. The average molecular weight is 419 g/mol. The number of sulfonamides is 1. The monoisotopic (exact) mass is 418 g/mol. The van der Waals surface area contributed by atoms with Gasteiger partial charge in [-0.2, -0.15) is 0 Å². The number of methoxy groups -OCH3 is 1. The first-order valence-electron chi connectivity index (χ1n) is 8.80. The summed E-state index contributed by atoms with van der Waals surface area (Å²) >= 11 is 6.11. The summed E-state index contributed by atoms with van der Waals surface area (Å²) in [7, 11) is -1.85. The van der Waals surface area contributed by atoms with Crippen LogP contribution in [-0.4, -0.2) is 69.7 Å². The van der Waals surface area contributed by atoms with Crippen LogP contribution in [-0.2, 0) is 21.2 Å². The third-order valence-corrected chi connectivity index (χ3v) is 7.24. The lowest BCUT2D eigenvalue weighted by atomic mass is 9.75. The molecule has 2 heterocycles. The Morgan fingerprint density at radius 3 is 2.74 bits per heavy atom. The zero-order valence-electron chi connectivity index (χ0n) is 15.5. The number of piperidine rings is 1. The molecule has 1 aromatic carbocycles. The Kier molecular flexibility index (Phi) is 5.70. The van der Waals surface area contributed by atoms with E-state index in [4.69, 9.17) is 16.3 Å². The Morgan fingerprint density at radius 2 is 2.15 bits per heavy atom. The summed E-state index contributed by atoms with van der Waals surface area (Å²) in [6.07, 6.45) is 1.87. The van der Waals surface area contributed by atoms with Crippen LogP contribution in [0.2, 0.25) is 5.02 Å². The first-order chi connectivity index (χ1) is 12.7. The van der Waals surface area contributed by atoms with Crippen molar-refractivity contribution in [2.24, 2.45) is 11.3 Å². The number of amides is 1. The van der Waals surface area contributed by atoms with Crippen molar-refractivity contribution in [1.82, 2.24) is 9.21 Å². The van der Waals surface area contributed by atoms with Crippen LogP contribution in [0.25, 0.3) is 0 Å². The summed E-state index contributed by atoms with van der Waals surface area (Å²) in [6, 6.07) is 5.18. The Labute approximate surface area is 164 Å². The van der Waals surface area contributed by atoms with Crippen molar-refractivity contribution in [1.29, 1.82) is 0 Å². The molecule has 1 amide bonds. The number of likely N-dealkylation sites (tertiary alicyclic amines) is 1. The number of carbonyl (C=O) groups excluding carboxylic acids is 1. The van der Waals surface area contributed by atoms with Crippen LogP contribution in [0.5, 0.6) is 5.75 Å². The molecule has 3 rings (SSSR count). The van der Waals surface area contributed by atoms with E-state index in [1.165, 1.54) is 11.4 Å². The van der Waals surface area contributed by atoms with E-state index in [0.717, 1.165) is 11.8 Å². The van der Waals surface area contributed by atoms with Crippen LogP contribution in [0.3, 0.4) is 0 Å². The fourth-order valence-electron chi connectivity index (χ4n) is 4.11. The van der Waals surface area contributed by atoms with Crippen LogP contribution in [0, 0.1) is 11.3 Å². The van der Waals surface area contributed by atoms with E-state index in [-0.39, 0.29) is 31.3 Å². The summed E-state index contributed by atoms with van der Waals surface area (Å²) in [5.41, 5.74) is -0.0538. The van der Waals surface area contributed by atoms with Crippen molar-refractivity contribution in [3.63, 3.8) is 0 Å². The quantitative estimate of drug-likeness (QED) is 0.733. The molecule has 0 N–H and O–H groups in total. The highest BCUT2D eigenvalue weighted by atomic mass is 35.5. The molecular formula is C18H24ClFN2O4S. The molecule has 2 saturated heterocycles. The van der Waals surface area contributed by atoms with E-state index >= 15 is 0 Å². The molecule has 0 spiro atoms. The van der Waals surface area contributed by atoms with Crippen molar-refractivity contribution in [3.05, 3.63) is 28.8 Å². The number of nitrogens with zero attached hydrogens (tertiary/aromatic N) is 2. The second-order valence-corrected chi connectivity index (χ2v) is 9.89. The first kappa shape index (κ1) is 20.4. The van der Waals surface area contributed by atoms with E-state index in [1.807, 2.05) is 0 Å². The lowest BCUT2D eigenvalue weighted by Crippen LogP contribution is -2.51. The molecule has 0 radical (unpaired) electrons. The number of carbonyl (C=O) groups is 1. The molecule has 1 aromatic rings. The van der Waals surface area contributed by atoms with Crippen molar-refractivity contribution in [2.75, 3.05) is 46.2 Å². The van der Waals surface area contributed by atoms with Crippen molar-refractivity contribution >= 4 is 27.5 Å². The van der Waals surface area contributed by atoms with Gasteiger partial charge in [0.1, 0.15) is 5.75 Å². The predicted octanol–water partition coefficient (Wildman–Crippen LogP) is 1.97. The summed E-state index contributed by atoms with van der Waals surface area (Å²) in [5, 5.41) is 0.432. The fraction of sp³-hybridized carbons (Fsp3) is 0.611. The molecule has 2 aliphatic heterocycles. The van der Waals surface area contributed by atoms with E-state index < -0.39 is 22.1 Å². The van der Waals surface area contributed by atoms with Crippen LogP contribution >= 0.6 is 11.6 Å². The van der Waals surface area contributed by atoms with Gasteiger partial charge in [-0.1, -0.05) is 17.7 Å². The van der Waals surface area contributed by atoms with E-state index in [0.29, 0.717) is 30.3 Å². The Morgan fingerprint density at radius 1 is 1.41 bits per heavy atom. The molecule has 9 heteroatoms. The Bertz CT molecular complexity index is 835. The van der Waals surface area contributed by atoms with Crippen molar-refractivity contribution in [2.45, 2.75) is 12.8 Å². The molecule has 0 saturated carbocycles. The van der Waals surface area contributed by atoms with Gasteiger partial charge in [-0.15, -0.1) is 0 Å². The molecule has 150 valence electrons. The lowest BCUT2D eigenvalue weighted by Gasteiger charge is -2.41.